The highest BCUT2D eigenvalue weighted by molar-refractivity contribution is 6.44. The van der Waals surface area contributed by atoms with Gasteiger partial charge in [-0.25, -0.2) is 4.79 Å². The highest BCUT2D eigenvalue weighted by atomic mass is 35.5. The van der Waals surface area contributed by atoms with E-state index in [4.69, 9.17) is 33.4 Å². The molecule has 0 fully saturated rings. The zero-order chi connectivity index (χ0) is 9.30. The molecule has 0 amide bonds. The van der Waals surface area contributed by atoms with Crippen LogP contribution >= 0.6 is 23.2 Å². The number of hydrogen-bond acceptors (Lipinski definition) is 2. The maximum atomic E-state index is 10.5. The first-order chi connectivity index (χ1) is 5.54. The molecule has 1 aromatic rings. The Morgan fingerprint density at radius 3 is 2.33 bits per heavy atom. The van der Waals surface area contributed by atoms with Gasteiger partial charge < -0.3 is 10.2 Å². The van der Waals surface area contributed by atoms with Crippen molar-refractivity contribution in [1.82, 2.24) is 0 Å². The maximum absolute atomic E-state index is 10.5. The lowest BCUT2D eigenvalue weighted by Crippen LogP contribution is -1.97. The molecule has 0 aromatic heterocycles. The number of carboxylic acids is 1. The van der Waals surface area contributed by atoms with Gasteiger partial charge in [-0.05, 0) is 12.1 Å². The molecular weight excluding hydrogens is 203 g/mol. The smallest absolute Gasteiger partial charge is 0.337 e. The van der Waals surface area contributed by atoms with Crippen molar-refractivity contribution in [2.45, 2.75) is 0 Å². The monoisotopic (exact) mass is 206 g/mol. The highest BCUT2D eigenvalue weighted by Gasteiger charge is 2.13. The summed E-state index contributed by atoms with van der Waals surface area (Å²) < 4.78 is 0. The first-order valence-corrected chi connectivity index (χ1v) is 3.70. The van der Waals surface area contributed by atoms with Gasteiger partial charge in [0, 0.05) is 0 Å². The molecule has 0 saturated heterocycles. The number of aromatic carboxylic acids is 1. The van der Waals surface area contributed by atoms with Gasteiger partial charge in [-0.3, -0.25) is 0 Å². The summed E-state index contributed by atoms with van der Waals surface area (Å²) in [4.78, 5) is 10.5. The van der Waals surface area contributed by atoms with Gasteiger partial charge in [0.15, 0.2) is 0 Å². The van der Waals surface area contributed by atoms with E-state index in [0.29, 0.717) is 0 Å². The van der Waals surface area contributed by atoms with Gasteiger partial charge in [0.05, 0.1) is 10.6 Å². The van der Waals surface area contributed by atoms with E-state index >= 15 is 0 Å². The van der Waals surface area contributed by atoms with Crippen molar-refractivity contribution in [2.24, 2.45) is 0 Å². The Kier molecular flexibility index (Phi) is 2.45. The molecule has 0 heterocycles. The second kappa shape index (κ2) is 3.21. The first kappa shape index (κ1) is 9.16. The third-order valence-electron chi connectivity index (χ3n) is 1.29. The fourth-order valence-electron chi connectivity index (χ4n) is 0.704. The Balaban J connectivity index is 3.36. The Labute approximate surface area is 78.2 Å². The number of halogens is 2. The molecule has 5 heteroatoms. The summed E-state index contributed by atoms with van der Waals surface area (Å²) in [6, 6.07) is 2.36. The van der Waals surface area contributed by atoms with Gasteiger partial charge in [-0.15, -0.1) is 0 Å². The number of aromatic hydroxyl groups is 1. The Bertz CT molecular complexity index is 336. The SMILES string of the molecule is O=C(O)c1ccc(O)c(Cl)c1Cl. The summed E-state index contributed by atoms with van der Waals surface area (Å²) >= 11 is 11.0. The van der Waals surface area contributed by atoms with Gasteiger partial charge in [-0.1, -0.05) is 23.2 Å². The first-order valence-electron chi connectivity index (χ1n) is 2.94. The van der Waals surface area contributed by atoms with Crippen LogP contribution in [0.15, 0.2) is 12.1 Å². The Morgan fingerprint density at radius 1 is 1.25 bits per heavy atom. The lowest BCUT2D eigenvalue weighted by molar-refractivity contribution is 0.0697. The third-order valence-corrected chi connectivity index (χ3v) is 2.16. The van der Waals surface area contributed by atoms with Crippen LogP contribution < -0.4 is 0 Å². The van der Waals surface area contributed by atoms with E-state index in [9.17, 15) is 4.79 Å². The van der Waals surface area contributed by atoms with Crippen LogP contribution in [0.1, 0.15) is 10.4 Å². The summed E-state index contributed by atoms with van der Waals surface area (Å²) in [7, 11) is 0. The van der Waals surface area contributed by atoms with E-state index in [1.165, 1.54) is 12.1 Å². The minimum Gasteiger partial charge on any atom is -0.506 e. The van der Waals surface area contributed by atoms with Crippen molar-refractivity contribution in [3.63, 3.8) is 0 Å². The molecule has 0 bridgehead atoms. The van der Waals surface area contributed by atoms with E-state index in [-0.39, 0.29) is 21.4 Å². The van der Waals surface area contributed by atoms with Crippen LogP contribution in [0.4, 0.5) is 0 Å². The van der Waals surface area contributed by atoms with Crippen LogP contribution in [-0.4, -0.2) is 16.2 Å². The lowest BCUT2D eigenvalue weighted by atomic mass is 10.2. The molecule has 64 valence electrons. The molecule has 3 nitrogen and oxygen atoms in total. The average Bonchev–Trinajstić information content (AvgIpc) is 2.00. The number of hydrogen-bond donors (Lipinski definition) is 2. The minimum atomic E-state index is -1.18. The molecule has 0 aliphatic rings. The van der Waals surface area contributed by atoms with Crippen LogP contribution in [0.3, 0.4) is 0 Å². The number of phenolic OH excluding ortho intramolecular Hbond substituents is 1. The minimum absolute atomic E-state index is 0.125. The number of carbonyl (C=O) groups is 1. The second-order valence-electron chi connectivity index (χ2n) is 2.07. The van der Waals surface area contributed by atoms with Gasteiger partial charge >= 0.3 is 5.97 Å². The highest BCUT2D eigenvalue weighted by Crippen LogP contribution is 2.33. The van der Waals surface area contributed by atoms with Gasteiger partial charge in [0.2, 0.25) is 0 Å². The van der Waals surface area contributed by atoms with Crippen molar-refractivity contribution >= 4 is 29.2 Å². The van der Waals surface area contributed by atoms with Gasteiger partial charge in [0.1, 0.15) is 10.8 Å². The largest absolute Gasteiger partial charge is 0.506 e. The van der Waals surface area contributed by atoms with Crippen molar-refractivity contribution in [1.29, 1.82) is 0 Å². The van der Waals surface area contributed by atoms with Crippen molar-refractivity contribution in [3.8, 4) is 5.75 Å². The van der Waals surface area contributed by atoms with Crippen LogP contribution in [0.5, 0.6) is 5.75 Å². The van der Waals surface area contributed by atoms with Crippen LogP contribution in [-0.2, 0) is 0 Å². The van der Waals surface area contributed by atoms with Crippen molar-refractivity contribution in [2.75, 3.05) is 0 Å². The fourth-order valence-corrected chi connectivity index (χ4v) is 1.11. The van der Waals surface area contributed by atoms with E-state index in [1.807, 2.05) is 0 Å². The summed E-state index contributed by atoms with van der Waals surface area (Å²) in [5.41, 5.74) is -0.125. The molecular formula is C7H4Cl2O3. The van der Waals surface area contributed by atoms with Crippen molar-refractivity contribution < 1.29 is 15.0 Å². The van der Waals surface area contributed by atoms with Crippen molar-refractivity contribution in [3.05, 3.63) is 27.7 Å². The number of phenols is 1. The molecule has 1 aromatic carbocycles. The predicted molar refractivity (Wildman–Crippen MR) is 45.1 cm³/mol. The van der Waals surface area contributed by atoms with Gasteiger partial charge in [-0.2, -0.15) is 0 Å². The fraction of sp³-hybridized carbons (Fsp3) is 0. The predicted octanol–water partition coefficient (Wildman–Crippen LogP) is 2.40. The summed E-state index contributed by atoms with van der Waals surface area (Å²) in [5, 5.41) is 17.3. The summed E-state index contributed by atoms with van der Waals surface area (Å²) in [6.07, 6.45) is 0. The topological polar surface area (TPSA) is 57.5 Å². The maximum Gasteiger partial charge on any atom is 0.337 e. The molecule has 0 saturated carbocycles. The molecule has 0 aliphatic carbocycles. The normalized spacial score (nSPS) is 9.83. The number of rotatable bonds is 1. The lowest BCUT2D eigenvalue weighted by Gasteiger charge is -2.01. The molecule has 0 radical (unpaired) electrons. The van der Waals surface area contributed by atoms with E-state index in [0.717, 1.165) is 0 Å². The molecule has 2 N–H and O–H groups in total. The molecule has 0 aliphatic heterocycles. The zero-order valence-electron chi connectivity index (χ0n) is 5.71. The Hall–Kier alpha value is -0.930. The van der Waals surface area contributed by atoms with Gasteiger partial charge in [0.25, 0.3) is 0 Å². The molecule has 12 heavy (non-hydrogen) atoms. The quantitative estimate of drug-likeness (QED) is 0.743. The molecule has 0 atom stereocenters. The second-order valence-corrected chi connectivity index (χ2v) is 2.82. The van der Waals surface area contributed by atoms with E-state index < -0.39 is 5.97 Å². The zero-order valence-corrected chi connectivity index (χ0v) is 7.23. The standard InChI is InChI=1S/C7H4Cl2O3/c8-5-3(7(11)12)1-2-4(10)6(5)9/h1-2,10H,(H,11,12). The van der Waals surface area contributed by atoms with E-state index in [1.54, 1.807) is 0 Å². The van der Waals surface area contributed by atoms with Crippen LogP contribution in [0, 0.1) is 0 Å². The average molecular weight is 207 g/mol. The Morgan fingerprint density at radius 2 is 1.83 bits per heavy atom. The summed E-state index contributed by atoms with van der Waals surface area (Å²) in [6.45, 7) is 0. The molecule has 1 rings (SSSR count). The number of carboxylic acid groups (broad SMARTS) is 1. The molecule has 0 spiro atoms. The number of benzene rings is 1. The van der Waals surface area contributed by atoms with E-state index in [2.05, 4.69) is 0 Å². The third kappa shape index (κ3) is 1.47. The molecule has 0 unspecified atom stereocenters. The van der Waals surface area contributed by atoms with Crippen LogP contribution in [0.2, 0.25) is 10.0 Å². The van der Waals surface area contributed by atoms with Crippen LogP contribution in [0.25, 0.3) is 0 Å². The summed E-state index contributed by atoms with van der Waals surface area (Å²) in [5.74, 6) is -1.41.